The molecule has 1 aromatic heterocycles. The zero-order chi connectivity index (χ0) is 12.5. The van der Waals surface area contributed by atoms with Crippen molar-refractivity contribution >= 4 is 16.7 Å². The first-order valence-electron chi connectivity index (χ1n) is 6.58. The molecule has 2 aromatic rings. The molecule has 3 nitrogen and oxygen atoms in total. The molecule has 1 fully saturated rings. The molecule has 3 rings (SSSR count). The van der Waals surface area contributed by atoms with Crippen LogP contribution in [0.4, 0.5) is 5.82 Å². The van der Waals surface area contributed by atoms with Crippen LogP contribution in [0.25, 0.3) is 10.9 Å². The van der Waals surface area contributed by atoms with Crippen LogP contribution in [0.2, 0.25) is 0 Å². The Hall–Kier alpha value is -1.61. The molecule has 1 aliphatic carbocycles. The highest BCUT2D eigenvalue weighted by atomic mass is 15.2. The quantitative estimate of drug-likeness (QED) is 0.894. The second-order valence-electron chi connectivity index (χ2n) is 5.18. The van der Waals surface area contributed by atoms with E-state index in [9.17, 15) is 0 Å². The van der Waals surface area contributed by atoms with Gasteiger partial charge < -0.3 is 10.6 Å². The van der Waals surface area contributed by atoms with E-state index in [-0.39, 0.29) is 0 Å². The van der Waals surface area contributed by atoms with Crippen LogP contribution in [-0.4, -0.2) is 18.6 Å². The zero-order valence-corrected chi connectivity index (χ0v) is 10.8. The molecule has 1 heterocycles. The van der Waals surface area contributed by atoms with E-state index >= 15 is 0 Å². The van der Waals surface area contributed by atoms with Gasteiger partial charge in [0.25, 0.3) is 0 Å². The number of fused-ring (bicyclic) bond motifs is 1. The second-order valence-corrected chi connectivity index (χ2v) is 5.18. The van der Waals surface area contributed by atoms with Crippen LogP contribution in [0.15, 0.2) is 30.3 Å². The predicted octanol–water partition coefficient (Wildman–Crippen LogP) is 2.54. The van der Waals surface area contributed by atoms with Gasteiger partial charge in [-0.25, -0.2) is 4.98 Å². The molecule has 18 heavy (non-hydrogen) atoms. The van der Waals surface area contributed by atoms with E-state index in [0.717, 1.165) is 23.8 Å². The Balaban J connectivity index is 2.01. The van der Waals surface area contributed by atoms with Crippen molar-refractivity contribution in [3.63, 3.8) is 0 Å². The minimum absolute atomic E-state index is 0.563. The number of nitrogens with two attached hydrogens (primary N) is 1. The molecule has 1 aliphatic rings. The molecule has 1 aromatic carbocycles. The number of pyridine rings is 1. The van der Waals surface area contributed by atoms with Gasteiger partial charge in [0.05, 0.1) is 5.52 Å². The van der Waals surface area contributed by atoms with E-state index in [1.54, 1.807) is 0 Å². The summed E-state index contributed by atoms with van der Waals surface area (Å²) in [5.41, 5.74) is 8.07. The summed E-state index contributed by atoms with van der Waals surface area (Å²) < 4.78 is 0. The summed E-state index contributed by atoms with van der Waals surface area (Å²) in [5.74, 6) is 1.91. The Morgan fingerprint density at radius 2 is 2.11 bits per heavy atom. The van der Waals surface area contributed by atoms with Crippen LogP contribution >= 0.6 is 0 Å². The monoisotopic (exact) mass is 241 g/mol. The van der Waals surface area contributed by atoms with Crippen LogP contribution in [0.3, 0.4) is 0 Å². The summed E-state index contributed by atoms with van der Waals surface area (Å²) in [7, 11) is 2.12. The maximum atomic E-state index is 5.85. The molecule has 0 spiro atoms. The molecule has 0 amide bonds. The molecule has 0 aliphatic heterocycles. The lowest BCUT2D eigenvalue weighted by Crippen LogP contribution is -2.21. The van der Waals surface area contributed by atoms with Gasteiger partial charge in [-0.1, -0.05) is 18.2 Å². The molecular formula is C15H19N3. The van der Waals surface area contributed by atoms with E-state index in [4.69, 9.17) is 10.7 Å². The molecule has 0 saturated heterocycles. The molecule has 94 valence electrons. The first kappa shape index (κ1) is 11.5. The fraction of sp³-hybridized carbons (Fsp3) is 0.400. The van der Waals surface area contributed by atoms with Crippen molar-refractivity contribution in [2.75, 3.05) is 18.5 Å². The Morgan fingerprint density at radius 3 is 2.83 bits per heavy atom. The zero-order valence-electron chi connectivity index (χ0n) is 10.8. The van der Waals surface area contributed by atoms with E-state index in [1.807, 2.05) is 12.1 Å². The standard InChI is InChI=1S/C15H19N3/c1-18(10-11-6-7-11)15-8-12(9-16)13-4-2-3-5-14(13)17-15/h2-5,8,11H,6-7,9-10,16H2,1H3. The van der Waals surface area contributed by atoms with Crippen molar-refractivity contribution in [2.24, 2.45) is 11.7 Å². The van der Waals surface area contributed by atoms with Gasteiger partial charge in [0.1, 0.15) is 5.82 Å². The van der Waals surface area contributed by atoms with Crippen LogP contribution < -0.4 is 10.6 Å². The smallest absolute Gasteiger partial charge is 0.129 e. The van der Waals surface area contributed by atoms with E-state index < -0.39 is 0 Å². The second kappa shape index (κ2) is 4.58. The van der Waals surface area contributed by atoms with Crippen LogP contribution in [0.5, 0.6) is 0 Å². The number of hydrogen-bond acceptors (Lipinski definition) is 3. The highest BCUT2D eigenvalue weighted by Gasteiger charge is 2.23. The number of benzene rings is 1. The number of para-hydroxylation sites is 1. The van der Waals surface area contributed by atoms with Crippen molar-refractivity contribution in [1.82, 2.24) is 4.98 Å². The molecule has 1 saturated carbocycles. The first-order valence-corrected chi connectivity index (χ1v) is 6.58. The lowest BCUT2D eigenvalue weighted by molar-refractivity contribution is 0.778. The van der Waals surface area contributed by atoms with E-state index in [0.29, 0.717) is 6.54 Å². The number of anilines is 1. The summed E-state index contributed by atoms with van der Waals surface area (Å²) >= 11 is 0. The van der Waals surface area contributed by atoms with Crippen molar-refractivity contribution in [1.29, 1.82) is 0 Å². The van der Waals surface area contributed by atoms with Crippen molar-refractivity contribution < 1.29 is 0 Å². The third kappa shape index (κ3) is 2.18. The fourth-order valence-electron chi connectivity index (χ4n) is 2.38. The topological polar surface area (TPSA) is 42.1 Å². The van der Waals surface area contributed by atoms with E-state index in [1.165, 1.54) is 23.8 Å². The minimum atomic E-state index is 0.563. The van der Waals surface area contributed by atoms with Gasteiger partial charge in [0.15, 0.2) is 0 Å². The summed E-state index contributed by atoms with van der Waals surface area (Å²) in [6, 6.07) is 10.3. The van der Waals surface area contributed by atoms with Crippen molar-refractivity contribution in [3.05, 3.63) is 35.9 Å². The van der Waals surface area contributed by atoms with E-state index in [2.05, 4.69) is 30.1 Å². The number of nitrogens with zero attached hydrogens (tertiary/aromatic N) is 2. The third-order valence-corrected chi connectivity index (χ3v) is 3.63. The largest absolute Gasteiger partial charge is 0.359 e. The summed E-state index contributed by atoms with van der Waals surface area (Å²) in [6.45, 7) is 1.67. The average Bonchev–Trinajstić information content (AvgIpc) is 3.21. The van der Waals surface area contributed by atoms with Crippen molar-refractivity contribution in [3.8, 4) is 0 Å². The first-order chi connectivity index (χ1) is 8.78. The summed E-state index contributed by atoms with van der Waals surface area (Å²) in [6.07, 6.45) is 2.73. The highest BCUT2D eigenvalue weighted by Crippen LogP contribution is 2.31. The van der Waals surface area contributed by atoms with Gasteiger partial charge >= 0.3 is 0 Å². The normalized spacial score (nSPS) is 15.0. The maximum Gasteiger partial charge on any atom is 0.129 e. The van der Waals surface area contributed by atoms with Crippen molar-refractivity contribution in [2.45, 2.75) is 19.4 Å². The fourth-order valence-corrected chi connectivity index (χ4v) is 2.38. The molecule has 0 unspecified atom stereocenters. The van der Waals surface area contributed by atoms with Crippen LogP contribution in [-0.2, 0) is 6.54 Å². The van der Waals surface area contributed by atoms with Crippen LogP contribution in [0, 0.1) is 5.92 Å². The van der Waals surface area contributed by atoms with Crippen LogP contribution in [0.1, 0.15) is 18.4 Å². The lowest BCUT2D eigenvalue weighted by Gasteiger charge is -2.19. The van der Waals surface area contributed by atoms with Gasteiger partial charge in [0.2, 0.25) is 0 Å². The Kier molecular flexibility index (Phi) is 2.92. The van der Waals surface area contributed by atoms with Gasteiger partial charge in [-0.05, 0) is 36.5 Å². The third-order valence-electron chi connectivity index (χ3n) is 3.63. The van der Waals surface area contributed by atoms with Gasteiger partial charge in [-0.15, -0.1) is 0 Å². The average molecular weight is 241 g/mol. The van der Waals surface area contributed by atoms with Gasteiger partial charge in [-0.2, -0.15) is 0 Å². The molecular weight excluding hydrogens is 222 g/mol. The number of hydrogen-bond donors (Lipinski definition) is 1. The maximum absolute atomic E-state index is 5.85. The van der Waals surface area contributed by atoms with Gasteiger partial charge in [-0.3, -0.25) is 0 Å². The number of aromatic nitrogens is 1. The minimum Gasteiger partial charge on any atom is -0.359 e. The van der Waals surface area contributed by atoms with Gasteiger partial charge in [0, 0.05) is 25.5 Å². The molecule has 0 bridgehead atoms. The Bertz CT molecular complexity index is 561. The Morgan fingerprint density at radius 1 is 1.33 bits per heavy atom. The predicted molar refractivity (Wildman–Crippen MR) is 75.6 cm³/mol. The lowest BCUT2D eigenvalue weighted by atomic mass is 10.1. The summed E-state index contributed by atoms with van der Waals surface area (Å²) in [5, 5.41) is 1.17. The summed E-state index contributed by atoms with van der Waals surface area (Å²) in [4.78, 5) is 6.99. The SMILES string of the molecule is CN(CC1CC1)c1cc(CN)c2ccccc2n1. The number of rotatable bonds is 4. The molecule has 0 radical (unpaired) electrons. The highest BCUT2D eigenvalue weighted by molar-refractivity contribution is 5.84. The molecule has 0 atom stereocenters. The molecule has 2 N–H and O–H groups in total. The Labute approximate surface area is 108 Å². The molecule has 3 heteroatoms.